The number of piperazine rings is 1. The number of hydrogen-bond acceptors (Lipinski definition) is 5. The molecule has 0 radical (unpaired) electrons. The van der Waals surface area contributed by atoms with Crippen LogP contribution in [-0.2, 0) is 16.6 Å². The first kappa shape index (κ1) is 19.8. The lowest BCUT2D eigenvalue weighted by atomic mass is 10.2. The molecule has 1 aromatic carbocycles. The van der Waals surface area contributed by atoms with Crippen LogP contribution in [0, 0.1) is 0 Å². The zero-order valence-electron chi connectivity index (χ0n) is 15.7. The minimum atomic E-state index is -1.23. The molecule has 0 spiro atoms. The minimum Gasteiger partial charge on any atom is -0.455 e. The Morgan fingerprint density at radius 2 is 1.79 bits per heavy atom. The summed E-state index contributed by atoms with van der Waals surface area (Å²) in [5.74, 6) is 1.87. The summed E-state index contributed by atoms with van der Waals surface area (Å²) in [7, 11) is -1.23. The molecule has 1 unspecified atom stereocenters. The van der Waals surface area contributed by atoms with E-state index in [2.05, 4.69) is 25.8 Å². The molecule has 1 saturated heterocycles. The lowest BCUT2D eigenvalue weighted by Crippen LogP contribution is -2.49. The number of furan rings is 1. The van der Waals surface area contributed by atoms with Gasteiger partial charge in [-0.25, -0.2) is 4.98 Å². The third-order valence-electron chi connectivity index (χ3n) is 4.76. The molecule has 150 valence electrons. The first-order valence-corrected chi connectivity index (χ1v) is 11.4. The third-order valence-corrected chi connectivity index (χ3v) is 6.64. The number of carbonyl (C=O) groups is 1. The van der Waals surface area contributed by atoms with Crippen molar-refractivity contribution in [3.8, 4) is 0 Å². The normalized spacial score (nSPS) is 15.3. The molecule has 1 fully saturated rings. The number of benzene rings is 1. The van der Waals surface area contributed by atoms with E-state index in [1.54, 1.807) is 23.2 Å². The van der Waals surface area contributed by atoms with E-state index in [0.717, 1.165) is 28.3 Å². The molecular weight excluding hydrogens is 454 g/mol. The molecule has 0 saturated carbocycles. The van der Waals surface area contributed by atoms with E-state index in [1.165, 1.54) is 0 Å². The molecule has 8 heteroatoms. The predicted octanol–water partition coefficient (Wildman–Crippen LogP) is 3.71. The van der Waals surface area contributed by atoms with E-state index in [4.69, 9.17) is 4.42 Å². The minimum absolute atomic E-state index is 0.133. The smallest absolute Gasteiger partial charge is 0.289 e. The summed E-state index contributed by atoms with van der Waals surface area (Å²) in [5.41, 5.74) is 0. The lowest BCUT2D eigenvalue weighted by Gasteiger charge is -2.34. The quantitative estimate of drug-likeness (QED) is 0.564. The van der Waals surface area contributed by atoms with Gasteiger partial charge in [0.15, 0.2) is 5.76 Å². The van der Waals surface area contributed by atoms with E-state index in [9.17, 15) is 9.00 Å². The van der Waals surface area contributed by atoms with Gasteiger partial charge in [-0.15, -0.1) is 0 Å². The van der Waals surface area contributed by atoms with Crippen molar-refractivity contribution in [2.75, 3.05) is 31.1 Å². The highest BCUT2D eigenvalue weighted by Gasteiger charge is 2.25. The molecule has 2 aromatic heterocycles. The van der Waals surface area contributed by atoms with Gasteiger partial charge in [0.25, 0.3) is 5.91 Å². The Morgan fingerprint density at radius 1 is 1.03 bits per heavy atom. The van der Waals surface area contributed by atoms with Crippen LogP contribution in [0.3, 0.4) is 0 Å². The first-order chi connectivity index (χ1) is 14.1. The Hall–Kier alpha value is -2.45. The van der Waals surface area contributed by atoms with Crippen molar-refractivity contribution in [3.63, 3.8) is 0 Å². The van der Waals surface area contributed by atoms with E-state index in [1.807, 2.05) is 42.5 Å². The number of aromatic nitrogens is 1. The van der Waals surface area contributed by atoms with Gasteiger partial charge in [0, 0.05) is 41.7 Å². The first-order valence-electron chi connectivity index (χ1n) is 9.28. The highest BCUT2D eigenvalue weighted by molar-refractivity contribution is 9.10. The van der Waals surface area contributed by atoms with Gasteiger partial charge in [-0.3, -0.25) is 9.00 Å². The van der Waals surface area contributed by atoms with Gasteiger partial charge >= 0.3 is 0 Å². The molecule has 0 bridgehead atoms. The second-order valence-electron chi connectivity index (χ2n) is 6.68. The molecular formula is C21H20BrN3O3S. The van der Waals surface area contributed by atoms with Crippen LogP contribution < -0.4 is 4.90 Å². The maximum atomic E-state index is 12.8. The number of nitrogens with zero attached hydrogens (tertiary/aromatic N) is 3. The summed E-state index contributed by atoms with van der Waals surface area (Å²) in [6, 6.07) is 16.6. The van der Waals surface area contributed by atoms with Crippen LogP contribution in [-0.4, -0.2) is 46.2 Å². The molecule has 29 heavy (non-hydrogen) atoms. The summed E-state index contributed by atoms with van der Waals surface area (Å²) >= 11 is 3.37. The fourth-order valence-corrected chi connectivity index (χ4v) is 4.49. The van der Waals surface area contributed by atoms with Crippen LogP contribution in [0.1, 0.15) is 16.3 Å². The van der Waals surface area contributed by atoms with E-state index in [0.29, 0.717) is 24.6 Å². The van der Waals surface area contributed by atoms with Crippen molar-refractivity contribution in [1.29, 1.82) is 0 Å². The van der Waals surface area contributed by atoms with Gasteiger partial charge < -0.3 is 14.2 Å². The fourth-order valence-electron chi connectivity index (χ4n) is 3.20. The third kappa shape index (κ3) is 4.76. The summed E-state index contributed by atoms with van der Waals surface area (Å²) < 4.78 is 19.1. The van der Waals surface area contributed by atoms with E-state index < -0.39 is 10.8 Å². The predicted molar refractivity (Wildman–Crippen MR) is 115 cm³/mol. The van der Waals surface area contributed by atoms with Crippen LogP contribution >= 0.6 is 15.9 Å². The maximum absolute atomic E-state index is 12.8. The molecule has 1 atom stereocenters. The topological polar surface area (TPSA) is 66.7 Å². The molecule has 3 heterocycles. The molecule has 6 nitrogen and oxygen atoms in total. The van der Waals surface area contributed by atoms with Crippen molar-refractivity contribution >= 4 is 38.5 Å². The second kappa shape index (κ2) is 8.92. The summed E-state index contributed by atoms with van der Waals surface area (Å²) in [6.07, 6.45) is 1.77. The van der Waals surface area contributed by atoms with Crippen molar-refractivity contribution in [1.82, 2.24) is 9.88 Å². The Kier molecular flexibility index (Phi) is 6.10. The van der Waals surface area contributed by atoms with E-state index in [-0.39, 0.29) is 11.7 Å². The fraction of sp³-hybridized carbons (Fsp3) is 0.238. The molecule has 1 amide bonds. The number of anilines is 1. The number of amides is 1. The Labute approximate surface area is 180 Å². The van der Waals surface area contributed by atoms with Crippen LogP contribution in [0.25, 0.3) is 0 Å². The summed E-state index contributed by atoms with van der Waals surface area (Å²) in [6.45, 7) is 2.67. The van der Waals surface area contributed by atoms with E-state index >= 15 is 0 Å². The summed E-state index contributed by atoms with van der Waals surface area (Å²) in [4.78, 5) is 21.8. The standard InChI is InChI=1S/C21H20BrN3O3S/c22-16-4-7-18(8-5-16)29(27)15-17-6-9-19(28-17)21(26)25-13-11-24(12-14-25)20-3-1-2-10-23-20/h1-10H,11-15H2. The number of pyridine rings is 1. The molecule has 3 aromatic rings. The van der Waals surface area contributed by atoms with Gasteiger partial charge in [-0.1, -0.05) is 22.0 Å². The summed E-state index contributed by atoms with van der Waals surface area (Å²) in [5, 5.41) is 0. The second-order valence-corrected chi connectivity index (χ2v) is 9.04. The highest BCUT2D eigenvalue weighted by atomic mass is 79.9. The SMILES string of the molecule is O=C(c1ccc(CS(=O)c2ccc(Br)cc2)o1)N1CCN(c2ccccn2)CC1. The van der Waals surface area contributed by atoms with Crippen LogP contribution in [0.5, 0.6) is 0 Å². The van der Waals surface area contributed by atoms with Crippen LogP contribution in [0.4, 0.5) is 5.82 Å². The van der Waals surface area contributed by atoms with Gasteiger partial charge in [-0.2, -0.15) is 0 Å². The van der Waals surface area contributed by atoms with Gasteiger partial charge in [-0.05, 0) is 48.5 Å². The van der Waals surface area contributed by atoms with Crippen molar-refractivity contribution in [2.45, 2.75) is 10.6 Å². The van der Waals surface area contributed by atoms with Crippen molar-refractivity contribution < 1.29 is 13.4 Å². The number of rotatable bonds is 5. The lowest BCUT2D eigenvalue weighted by molar-refractivity contribution is 0.0713. The van der Waals surface area contributed by atoms with Crippen molar-refractivity contribution in [2.24, 2.45) is 0 Å². The Balaban J connectivity index is 1.35. The zero-order chi connectivity index (χ0) is 20.2. The Morgan fingerprint density at radius 3 is 2.48 bits per heavy atom. The highest BCUT2D eigenvalue weighted by Crippen LogP contribution is 2.19. The molecule has 1 aliphatic rings. The number of carbonyl (C=O) groups excluding carboxylic acids is 1. The average molecular weight is 474 g/mol. The number of halogens is 1. The molecule has 4 rings (SSSR count). The van der Waals surface area contributed by atoms with Crippen molar-refractivity contribution in [3.05, 3.63) is 76.8 Å². The van der Waals surface area contributed by atoms with Crippen LogP contribution in [0.15, 0.2) is 74.6 Å². The zero-order valence-corrected chi connectivity index (χ0v) is 18.1. The van der Waals surface area contributed by atoms with Gasteiger partial charge in [0.2, 0.25) is 0 Å². The molecule has 0 N–H and O–H groups in total. The van der Waals surface area contributed by atoms with Gasteiger partial charge in [0.1, 0.15) is 11.6 Å². The van der Waals surface area contributed by atoms with Gasteiger partial charge in [0.05, 0.1) is 16.6 Å². The molecule has 0 aliphatic carbocycles. The maximum Gasteiger partial charge on any atom is 0.289 e. The largest absolute Gasteiger partial charge is 0.455 e. The number of hydrogen-bond donors (Lipinski definition) is 0. The Bertz CT molecular complexity index is 1000. The molecule has 1 aliphatic heterocycles. The monoisotopic (exact) mass is 473 g/mol. The average Bonchev–Trinajstić information content (AvgIpc) is 3.23. The van der Waals surface area contributed by atoms with Crippen LogP contribution in [0.2, 0.25) is 0 Å².